The number of nitrogens with zero attached hydrogens (tertiary/aromatic N) is 2. The van der Waals surface area contributed by atoms with Crippen molar-refractivity contribution < 1.29 is 4.79 Å². The van der Waals surface area contributed by atoms with E-state index in [0.717, 1.165) is 5.56 Å². The Kier molecular flexibility index (Phi) is 2.97. The zero-order valence-electron chi connectivity index (χ0n) is 8.39. The van der Waals surface area contributed by atoms with Crippen molar-refractivity contribution in [2.24, 2.45) is 4.99 Å². The fourth-order valence-corrected chi connectivity index (χ4v) is 1.42. The zero-order chi connectivity index (χ0) is 10.5. The summed E-state index contributed by atoms with van der Waals surface area (Å²) in [6.07, 6.45) is 1.61. The number of rotatable bonds is 3. The molecule has 1 aliphatic rings. The molecule has 0 spiro atoms. The minimum atomic E-state index is -0.0631. The molecule has 15 heavy (non-hydrogen) atoms. The van der Waals surface area contributed by atoms with Crippen molar-refractivity contribution in [2.45, 2.75) is 6.54 Å². The predicted molar refractivity (Wildman–Crippen MR) is 58.7 cm³/mol. The lowest BCUT2D eigenvalue weighted by Gasteiger charge is -2.05. The molecule has 0 aromatic heterocycles. The van der Waals surface area contributed by atoms with Crippen molar-refractivity contribution in [3.63, 3.8) is 0 Å². The van der Waals surface area contributed by atoms with Gasteiger partial charge in [0.1, 0.15) is 0 Å². The van der Waals surface area contributed by atoms with Gasteiger partial charge < -0.3 is 5.32 Å². The number of aliphatic imine (C=N–C) groups is 1. The molecule has 0 unspecified atom stereocenters. The molecule has 1 saturated heterocycles. The summed E-state index contributed by atoms with van der Waals surface area (Å²) in [6.45, 7) is 2.03. The van der Waals surface area contributed by atoms with Crippen LogP contribution in [0.15, 0.2) is 35.3 Å². The highest BCUT2D eigenvalue weighted by molar-refractivity contribution is 5.88. The monoisotopic (exact) mass is 203 g/mol. The lowest BCUT2D eigenvalue weighted by atomic mass is 10.2. The van der Waals surface area contributed by atoms with Crippen LogP contribution in [-0.4, -0.2) is 30.4 Å². The SMILES string of the molecule is O=C1NCCN1C=NCc1ccccc1. The van der Waals surface area contributed by atoms with E-state index in [-0.39, 0.29) is 6.03 Å². The van der Waals surface area contributed by atoms with E-state index in [4.69, 9.17) is 0 Å². The molecule has 1 fully saturated rings. The fourth-order valence-electron chi connectivity index (χ4n) is 1.42. The van der Waals surface area contributed by atoms with Crippen LogP contribution in [0.2, 0.25) is 0 Å². The third kappa shape index (κ3) is 2.56. The number of amides is 2. The summed E-state index contributed by atoms with van der Waals surface area (Å²) < 4.78 is 0. The first kappa shape index (κ1) is 9.71. The van der Waals surface area contributed by atoms with Crippen LogP contribution in [0.3, 0.4) is 0 Å². The summed E-state index contributed by atoms with van der Waals surface area (Å²) in [6, 6.07) is 9.90. The standard InChI is InChI=1S/C11H13N3O/c15-11-13-6-7-14(11)9-12-8-10-4-2-1-3-5-10/h1-5,9H,6-8H2,(H,13,15). The van der Waals surface area contributed by atoms with E-state index < -0.39 is 0 Å². The van der Waals surface area contributed by atoms with Crippen LogP contribution >= 0.6 is 0 Å². The van der Waals surface area contributed by atoms with Crippen LogP contribution in [0.25, 0.3) is 0 Å². The smallest absolute Gasteiger partial charge is 0.322 e. The number of nitrogens with one attached hydrogen (secondary N) is 1. The molecule has 0 aliphatic carbocycles. The maximum absolute atomic E-state index is 11.1. The first-order chi connectivity index (χ1) is 7.36. The van der Waals surface area contributed by atoms with Crippen molar-refractivity contribution in [1.29, 1.82) is 0 Å². The first-order valence-electron chi connectivity index (χ1n) is 4.94. The quantitative estimate of drug-likeness (QED) is 0.583. The zero-order valence-corrected chi connectivity index (χ0v) is 8.39. The molecular weight excluding hydrogens is 190 g/mol. The van der Waals surface area contributed by atoms with Crippen LogP contribution in [0.5, 0.6) is 0 Å². The highest BCUT2D eigenvalue weighted by Crippen LogP contribution is 2.00. The van der Waals surface area contributed by atoms with Crippen molar-refractivity contribution in [3.05, 3.63) is 35.9 Å². The molecule has 0 radical (unpaired) electrons. The maximum Gasteiger partial charge on any atom is 0.322 e. The van der Waals surface area contributed by atoms with Gasteiger partial charge in [-0.3, -0.25) is 9.89 Å². The Bertz CT molecular complexity index is 361. The van der Waals surface area contributed by atoms with Gasteiger partial charge in [0.25, 0.3) is 0 Å². The average Bonchev–Trinajstić information content (AvgIpc) is 2.66. The molecule has 4 heteroatoms. The van der Waals surface area contributed by atoms with Crippen LogP contribution in [0.1, 0.15) is 5.56 Å². The molecule has 4 nitrogen and oxygen atoms in total. The summed E-state index contributed by atoms with van der Waals surface area (Å²) in [5.74, 6) is 0. The molecular formula is C11H13N3O. The molecule has 1 aliphatic heterocycles. The third-order valence-corrected chi connectivity index (χ3v) is 2.23. The number of hydrogen-bond donors (Lipinski definition) is 1. The fraction of sp³-hybridized carbons (Fsp3) is 0.273. The molecule has 1 heterocycles. The van der Waals surface area contributed by atoms with Gasteiger partial charge in [-0.05, 0) is 5.56 Å². The number of hydrogen-bond acceptors (Lipinski definition) is 2. The summed E-state index contributed by atoms with van der Waals surface area (Å²) in [5, 5.41) is 2.71. The van der Waals surface area contributed by atoms with Crippen LogP contribution in [0.4, 0.5) is 4.79 Å². The van der Waals surface area contributed by atoms with Crippen LogP contribution < -0.4 is 5.32 Å². The molecule has 0 bridgehead atoms. The van der Waals surface area contributed by atoms with Gasteiger partial charge in [-0.15, -0.1) is 0 Å². The number of urea groups is 1. The molecule has 1 aromatic rings. The molecule has 0 atom stereocenters. The van der Waals surface area contributed by atoms with E-state index in [1.807, 2.05) is 30.3 Å². The Morgan fingerprint density at radius 3 is 2.87 bits per heavy atom. The second-order valence-electron chi connectivity index (χ2n) is 3.37. The molecule has 2 amide bonds. The summed E-state index contributed by atoms with van der Waals surface area (Å²) in [7, 11) is 0. The van der Waals surface area contributed by atoms with E-state index in [9.17, 15) is 4.79 Å². The van der Waals surface area contributed by atoms with Crippen LogP contribution in [-0.2, 0) is 6.54 Å². The summed E-state index contributed by atoms with van der Waals surface area (Å²) in [5.41, 5.74) is 1.15. The molecule has 0 saturated carbocycles. The van der Waals surface area contributed by atoms with E-state index >= 15 is 0 Å². The van der Waals surface area contributed by atoms with Gasteiger partial charge in [-0.1, -0.05) is 30.3 Å². The van der Waals surface area contributed by atoms with E-state index in [2.05, 4.69) is 10.3 Å². The minimum Gasteiger partial charge on any atom is -0.336 e. The second kappa shape index (κ2) is 4.59. The molecule has 78 valence electrons. The highest BCUT2D eigenvalue weighted by Gasteiger charge is 2.16. The lowest BCUT2D eigenvalue weighted by molar-refractivity contribution is 0.235. The normalized spacial score (nSPS) is 16.0. The van der Waals surface area contributed by atoms with Crippen LogP contribution in [0, 0.1) is 0 Å². The summed E-state index contributed by atoms with van der Waals surface area (Å²) >= 11 is 0. The number of carbonyl (C=O) groups is 1. The van der Waals surface area contributed by atoms with Gasteiger partial charge in [-0.2, -0.15) is 0 Å². The minimum absolute atomic E-state index is 0.0631. The predicted octanol–water partition coefficient (Wildman–Crippen LogP) is 1.24. The van der Waals surface area contributed by atoms with E-state index in [0.29, 0.717) is 19.6 Å². The van der Waals surface area contributed by atoms with Gasteiger partial charge in [0, 0.05) is 13.1 Å². The first-order valence-corrected chi connectivity index (χ1v) is 4.94. The number of carbonyl (C=O) groups excluding carboxylic acids is 1. The molecule has 2 rings (SSSR count). The molecule has 1 N–H and O–H groups in total. The Morgan fingerprint density at radius 1 is 1.40 bits per heavy atom. The maximum atomic E-state index is 11.1. The van der Waals surface area contributed by atoms with E-state index in [1.165, 1.54) is 0 Å². The van der Waals surface area contributed by atoms with Crippen molar-refractivity contribution in [3.8, 4) is 0 Å². The van der Waals surface area contributed by atoms with Gasteiger partial charge in [-0.25, -0.2) is 4.79 Å². The van der Waals surface area contributed by atoms with Gasteiger partial charge in [0.2, 0.25) is 0 Å². The summed E-state index contributed by atoms with van der Waals surface area (Å²) in [4.78, 5) is 16.9. The number of benzene rings is 1. The Hall–Kier alpha value is -1.84. The average molecular weight is 203 g/mol. The molecule has 1 aromatic carbocycles. The van der Waals surface area contributed by atoms with Crippen molar-refractivity contribution in [1.82, 2.24) is 10.2 Å². The highest BCUT2D eigenvalue weighted by atomic mass is 16.2. The van der Waals surface area contributed by atoms with Crippen molar-refractivity contribution >= 4 is 12.4 Å². The van der Waals surface area contributed by atoms with Crippen molar-refractivity contribution in [2.75, 3.05) is 13.1 Å². The van der Waals surface area contributed by atoms with Gasteiger partial charge in [0.15, 0.2) is 0 Å². The third-order valence-electron chi connectivity index (χ3n) is 2.23. The largest absolute Gasteiger partial charge is 0.336 e. The van der Waals surface area contributed by atoms with Gasteiger partial charge >= 0.3 is 6.03 Å². The van der Waals surface area contributed by atoms with E-state index in [1.54, 1.807) is 11.2 Å². The second-order valence-corrected chi connectivity index (χ2v) is 3.37. The topological polar surface area (TPSA) is 44.7 Å². The Labute approximate surface area is 88.6 Å². The Balaban J connectivity index is 1.88. The lowest BCUT2D eigenvalue weighted by Crippen LogP contribution is -2.26. The Morgan fingerprint density at radius 2 is 2.20 bits per heavy atom. The van der Waals surface area contributed by atoms with Gasteiger partial charge in [0.05, 0.1) is 12.9 Å².